The van der Waals surface area contributed by atoms with Gasteiger partial charge in [0.15, 0.2) is 0 Å². The Morgan fingerprint density at radius 2 is 1.74 bits per heavy atom. The smallest absolute Gasteiger partial charge is 0.376 e. The quantitative estimate of drug-likeness (QED) is 0.506. The summed E-state index contributed by atoms with van der Waals surface area (Å²) in [6.45, 7) is 3.88. The molecule has 1 N–H and O–H groups in total. The summed E-state index contributed by atoms with van der Waals surface area (Å²) in [6, 6.07) is 10.8. The third-order valence-corrected chi connectivity index (χ3v) is 7.22. The van der Waals surface area contributed by atoms with Gasteiger partial charge in [0.1, 0.15) is 5.75 Å². The van der Waals surface area contributed by atoms with E-state index in [1.54, 1.807) is 0 Å². The van der Waals surface area contributed by atoms with E-state index in [1.165, 1.54) is 28.9 Å². The number of carbonyl (C=O) groups is 1. The molecule has 1 fully saturated rings. The van der Waals surface area contributed by atoms with Gasteiger partial charge in [0.25, 0.3) is 5.91 Å². The number of anilines is 1. The molecule has 2 aromatic rings. The Bertz CT molecular complexity index is 1150. The first-order chi connectivity index (χ1) is 16.0. The first-order valence-corrected chi connectivity index (χ1v) is 12.4. The first-order valence-electron chi connectivity index (χ1n) is 11.0. The Morgan fingerprint density at radius 3 is 2.38 bits per heavy atom. The molecule has 1 amide bonds. The van der Waals surface area contributed by atoms with Gasteiger partial charge in [-0.25, -0.2) is 0 Å². The van der Waals surface area contributed by atoms with E-state index in [1.807, 2.05) is 0 Å². The molecular weight excluding hydrogens is 471 g/mol. The topological polar surface area (TPSA) is 79.0 Å². The number of piperazine rings is 1. The minimum Gasteiger partial charge on any atom is -0.376 e. The van der Waals surface area contributed by atoms with Crippen molar-refractivity contribution < 1.29 is 30.6 Å². The van der Waals surface area contributed by atoms with E-state index in [4.69, 9.17) is 0 Å². The fourth-order valence-electron chi connectivity index (χ4n) is 4.34. The summed E-state index contributed by atoms with van der Waals surface area (Å²) >= 11 is 0. The summed E-state index contributed by atoms with van der Waals surface area (Å²) in [5, 5.41) is 3.00. The highest BCUT2D eigenvalue weighted by Gasteiger charge is 2.48. The monoisotopic (exact) mass is 497 g/mol. The molecule has 0 bridgehead atoms. The zero-order valence-corrected chi connectivity index (χ0v) is 19.5. The van der Waals surface area contributed by atoms with Gasteiger partial charge in [-0.05, 0) is 67.8 Å². The molecule has 11 heteroatoms. The van der Waals surface area contributed by atoms with Crippen LogP contribution in [-0.2, 0) is 23.0 Å². The van der Waals surface area contributed by atoms with Gasteiger partial charge in [-0.2, -0.15) is 21.6 Å². The van der Waals surface area contributed by atoms with Crippen LogP contribution in [0.15, 0.2) is 42.5 Å². The van der Waals surface area contributed by atoms with Crippen LogP contribution < -0.4 is 14.4 Å². The molecule has 0 saturated carbocycles. The number of amides is 1. The zero-order chi connectivity index (χ0) is 24.5. The van der Waals surface area contributed by atoms with Crippen LogP contribution in [0.25, 0.3) is 0 Å². The lowest BCUT2D eigenvalue weighted by molar-refractivity contribution is -0.0500. The number of nitrogens with one attached hydrogen (secondary N) is 1. The maximum atomic E-state index is 12.7. The van der Waals surface area contributed by atoms with Gasteiger partial charge in [-0.3, -0.25) is 4.79 Å². The van der Waals surface area contributed by atoms with E-state index >= 15 is 0 Å². The number of nitrogens with zero attached hydrogens (tertiary/aromatic N) is 2. The number of carbonyl (C=O) groups excluding carboxylic acids is 1. The van der Waals surface area contributed by atoms with Crippen LogP contribution in [0, 0.1) is 0 Å². The van der Waals surface area contributed by atoms with Gasteiger partial charge in [-0.15, -0.1) is 0 Å². The third kappa shape index (κ3) is 5.30. The van der Waals surface area contributed by atoms with E-state index in [0.29, 0.717) is 6.42 Å². The van der Waals surface area contributed by atoms with Gasteiger partial charge >= 0.3 is 15.6 Å². The fourth-order valence-corrected chi connectivity index (χ4v) is 4.80. The molecule has 2 aromatic carbocycles. The molecule has 34 heavy (non-hydrogen) atoms. The van der Waals surface area contributed by atoms with Crippen molar-refractivity contribution in [2.45, 2.75) is 30.8 Å². The molecule has 1 saturated heterocycles. The molecular formula is C23H26F3N3O4S. The van der Waals surface area contributed by atoms with Crippen LogP contribution >= 0.6 is 0 Å². The Morgan fingerprint density at radius 1 is 1.06 bits per heavy atom. The summed E-state index contributed by atoms with van der Waals surface area (Å²) in [4.78, 5) is 17.4. The highest BCUT2D eigenvalue weighted by Crippen LogP contribution is 2.31. The summed E-state index contributed by atoms with van der Waals surface area (Å²) in [7, 11) is -3.65. The molecule has 2 aliphatic rings. The zero-order valence-electron chi connectivity index (χ0n) is 18.6. The maximum Gasteiger partial charge on any atom is 0.534 e. The van der Waals surface area contributed by atoms with Crippen molar-refractivity contribution >= 4 is 21.7 Å². The van der Waals surface area contributed by atoms with Crippen molar-refractivity contribution in [3.8, 4) is 5.75 Å². The Labute approximate surface area is 196 Å². The lowest BCUT2D eigenvalue weighted by Gasteiger charge is -2.37. The Balaban J connectivity index is 1.42. The standard InChI is InChI=1S/C23H26F3N3O4S/c1-28-11-13-29(14-12-28)21-4-2-3-16-5-8-18(15-20(16)21)27-22(30)17-6-9-19(10-7-17)33-34(31,32)23(24,25)26/h2-4,6-7,9-10,18H,5,8,11-15H2,1H3,(H,27,30)/t18-/m0/s1. The van der Waals surface area contributed by atoms with Crippen molar-refractivity contribution in [2.24, 2.45) is 0 Å². The number of aryl methyl sites for hydroxylation is 1. The second kappa shape index (κ2) is 9.46. The van der Waals surface area contributed by atoms with Crippen LogP contribution in [0.2, 0.25) is 0 Å². The highest BCUT2D eigenvalue weighted by molar-refractivity contribution is 7.88. The number of rotatable bonds is 5. The minimum absolute atomic E-state index is 0.0878. The molecule has 1 aliphatic heterocycles. The van der Waals surface area contributed by atoms with Gasteiger partial charge in [0.05, 0.1) is 0 Å². The van der Waals surface area contributed by atoms with Gasteiger partial charge in [-0.1, -0.05) is 12.1 Å². The normalized spacial score (nSPS) is 19.4. The fraction of sp³-hybridized carbons (Fsp3) is 0.435. The summed E-state index contributed by atoms with van der Waals surface area (Å²) in [6.07, 6.45) is 2.30. The highest BCUT2D eigenvalue weighted by atomic mass is 32.2. The Hall–Kier alpha value is -2.79. The summed E-state index contributed by atoms with van der Waals surface area (Å²) in [5.41, 5.74) is -1.59. The predicted molar refractivity (Wildman–Crippen MR) is 121 cm³/mol. The van der Waals surface area contributed by atoms with Crippen molar-refractivity contribution in [3.63, 3.8) is 0 Å². The second-order valence-corrected chi connectivity index (χ2v) is 10.2. The molecule has 0 aromatic heterocycles. The van der Waals surface area contributed by atoms with Crippen LogP contribution in [-0.4, -0.2) is 64.0 Å². The number of likely N-dealkylation sites (N-methyl/N-ethyl adjacent to an activating group) is 1. The van der Waals surface area contributed by atoms with Crippen molar-refractivity contribution in [1.82, 2.24) is 10.2 Å². The van der Waals surface area contributed by atoms with E-state index in [0.717, 1.165) is 51.2 Å². The summed E-state index contributed by atoms with van der Waals surface area (Å²) < 4.78 is 63.8. The SMILES string of the molecule is CN1CCN(c2cccc3c2C[C@@H](NC(=O)c2ccc(OS(=O)(=O)C(F)(F)F)cc2)CC3)CC1. The van der Waals surface area contributed by atoms with E-state index in [-0.39, 0.29) is 17.5 Å². The number of halogens is 3. The number of hydrogen-bond donors (Lipinski definition) is 1. The van der Waals surface area contributed by atoms with E-state index in [2.05, 4.69) is 44.5 Å². The lowest BCUT2D eigenvalue weighted by Crippen LogP contribution is -2.45. The van der Waals surface area contributed by atoms with Crippen molar-refractivity contribution in [1.29, 1.82) is 0 Å². The third-order valence-electron chi connectivity index (χ3n) is 6.25. The van der Waals surface area contributed by atoms with Gasteiger partial charge in [0, 0.05) is 43.5 Å². The van der Waals surface area contributed by atoms with Crippen LogP contribution in [0.4, 0.5) is 18.9 Å². The number of fused-ring (bicyclic) bond motifs is 1. The molecule has 184 valence electrons. The average molecular weight is 498 g/mol. The molecule has 0 radical (unpaired) electrons. The molecule has 0 spiro atoms. The molecule has 0 unspecified atom stereocenters. The number of alkyl halides is 3. The van der Waals surface area contributed by atoms with E-state index < -0.39 is 21.4 Å². The molecule has 1 atom stereocenters. The summed E-state index contributed by atoms with van der Waals surface area (Å²) in [5.74, 6) is -0.895. The van der Waals surface area contributed by atoms with E-state index in [9.17, 15) is 26.4 Å². The molecule has 7 nitrogen and oxygen atoms in total. The average Bonchev–Trinajstić information content (AvgIpc) is 2.79. The first kappa shape index (κ1) is 24.3. The maximum absolute atomic E-state index is 12.7. The minimum atomic E-state index is -5.76. The molecule has 1 aliphatic carbocycles. The number of benzene rings is 2. The van der Waals surface area contributed by atoms with Crippen LogP contribution in [0.1, 0.15) is 27.9 Å². The van der Waals surface area contributed by atoms with Crippen LogP contribution in [0.5, 0.6) is 5.75 Å². The van der Waals surface area contributed by atoms with Crippen molar-refractivity contribution in [2.75, 3.05) is 38.1 Å². The predicted octanol–water partition coefficient (Wildman–Crippen LogP) is 2.95. The van der Waals surface area contributed by atoms with Gasteiger partial charge in [0.2, 0.25) is 0 Å². The van der Waals surface area contributed by atoms with Gasteiger partial charge < -0.3 is 19.3 Å². The van der Waals surface area contributed by atoms with Crippen molar-refractivity contribution in [3.05, 3.63) is 59.2 Å². The molecule has 1 heterocycles. The Kier molecular flexibility index (Phi) is 6.77. The lowest BCUT2D eigenvalue weighted by atomic mass is 9.86. The van der Waals surface area contributed by atoms with Crippen LogP contribution in [0.3, 0.4) is 0 Å². The number of hydrogen-bond acceptors (Lipinski definition) is 6. The second-order valence-electron chi connectivity index (χ2n) is 8.63. The largest absolute Gasteiger partial charge is 0.534 e. The molecule has 4 rings (SSSR count).